The number of nitrogens with one attached hydrogen (secondary N) is 1. The van der Waals surface area contributed by atoms with Crippen molar-refractivity contribution in [2.75, 3.05) is 26.2 Å². The topological polar surface area (TPSA) is 52.2 Å². The van der Waals surface area contributed by atoms with Crippen molar-refractivity contribution >= 4 is 17.5 Å². The van der Waals surface area contributed by atoms with E-state index in [9.17, 15) is 18.0 Å². The summed E-state index contributed by atoms with van der Waals surface area (Å²) < 4.78 is 38.5. The minimum absolute atomic E-state index is 0.194. The smallest absolute Gasteiger partial charge is 0.332 e. The maximum atomic E-state index is 12.9. The Hall–Kier alpha value is -2.06. The van der Waals surface area contributed by atoms with E-state index in [2.05, 4.69) is 15.1 Å². The Morgan fingerprint density at radius 2 is 1.86 bits per heavy atom. The van der Waals surface area contributed by atoms with Gasteiger partial charge in [-0.15, -0.1) is 0 Å². The van der Waals surface area contributed by atoms with E-state index in [-0.39, 0.29) is 12.2 Å². The zero-order chi connectivity index (χ0) is 20.9. The summed E-state index contributed by atoms with van der Waals surface area (Å²) in [6, 6.07) is 6.24. The van der Waals surface area contributed by atoms with Crippen LogP contribution < -0.4 is 0 Å². The average molecular weight is 417 g/mol. The first kappa shape index (κ1) is 22.2. The van der Waals surface area contributed by atoms with Crippen molar-refractivity contribution in [2.24, 2.45) is 0 Å². The number of nitrogens with zero attached hydrogens (tertiary/aromatic N) is 3. The molecule has 0 unspecified atom stereocenters. The van der Waals surface area contributed by atoms with Crippen molar-refractivity contribution in [1.29, 1.82) is 0 Å². The van der Waals surface area contributed by atoms with Crippen molar-refractivity contribution < 1.29 is 18.0 Å². The van der Waals surface area contributed by atoms with Crippen molar-refractivity contribution in [3.63, 3.8) is 0 Å². The van der Waals surface area contributed by atoms with Crippen LogP contribution in [0.1, 0.15) is 41.2 Å². The number of benzene rings is 1. The van der Waals surface area contributed by atoms with Gasteiger partial charge in [-0.25, -0.2) is 0 Å². The van der Waals surface area contributed by atoms with Gasteiger partial charge in [0.15, 0.2) is 5.69 Å². The van der Waals surface area contributed by atoms with Gasteiger partial charge in [0.25, 0.3) is 5.91 Å². The molecule has 1 aromatic carbocycles. The Morgan fingerprint density at radius 1 is 1.18 bits per heavy atom. The first-order valence-electron chi connectivity index (χ1n) is 9.05. The summed E-state index contributed by atoms with van der Waals surface area (Å²) in [4.78, 5) is 16.5. The van der Waals surface area contributed by atoms with Crippen LogP contribution in [0.3, 0.4) is 0 Å². The summed E-state index contributed by atoms with van der Waals surface area (Å²) in [5, 5.41) is 5.95. The van der Waals surface area contributed by atoms with Crippen LogP contribution in [0.25, 0.3) is 0 Å². The number of alkyl halides is 3. The molecule has 2 rings (SSSR count). The van der Waals surface area contributed by atoms with Crippen molar-refractivity contribution in [3.8, 4) is 0 Å². The molecular formula is C19H24ClF3N4O. The highest BCUT2D eigenvalue weighted by Crippen LogP contribution is 2.28. The average Bonchev–Trinajstić information content (AvgIpc) is 3.13. The van der Waals surface area contributed by atoms with Crippen LogP contribution in [0.15, 0.2) is 24.3 Å². The van der Waals surface area contributed by atoms with Gasteiger partial charge in [0.05, 0.1) is 0 Å². The van der Waals surface area contributed by atoms with Crippen LogP contribution in [0.2, 0.25) is 5.02 Å². The SMILES string of the molecule is CCN(CC)CCN(Cc1ccc(C)cc1Cl)C(=O)c1cc(C(F)(F)F)n[nH]1. The molecule has 0 aliphatic heterocycles. The third-order valence-electron chi connectivity index (χ3n) is 4.54. The minimum atomic E-state index is -4.61. The fourth-order valence-corrected chi connectivity index (χ4v) is 3.08. The lowest BCUT2D eigenvalue weighted by molar-refractivity contribution is -0.141. The first-order chi connectivity index (χ1) is 13.2. The maximum absolute atomic E-state index is 12.9. The van der Waals surface area contributed by atoms with Crippen LogP contribution in [0.5, 0.6) is 0 Å². The Balaban J connectivity index is 2.25. The van der Waals surface area contributed by atoms with E-state index >= 15 is 0 Å². The Kier molecular flexibility index (Phi) is 7.48. The molecule has 9 heteroatoms. The molecule has 28 heavy (non-hydrogen) atoms. The number of likely N-dealkylation sites (N-methyl/N-ethyl adjacent to an activating group) is 1. The third kappa shape index (κ3) is 5.72. The van der Waals surface area contributed by atoms with Gasteiger partial charge < -0.3 is 9.80 Å². The number of rotatable bonds is 8. The number of aryl methyl sites for hydroxylation is 1. The molecule has 0 radical (unpaired) electrons. The van der Waals surface area contributed by atoms with Gasteiger partial charge >= 0.3 is 6.18 Å². The highest BCUT2D eigenvalue weighted by atomic mass is 35.5. The van der Waals surface area contributed by atoms with E-state index in [1.54, 1.807) is 6.07 Å². The Bertz CT molecular complexity index is 803. The summed E-state index contributed by atoms with van der Waals surface area (Å²) in [5.41, 5.74) is 0.400. The van der Waals surface area contributed by atoms with E-state index in [1.165, 1.54) is 4.90 Å². The fourth-order valence-electron chi connectivity index (χ4n) is 2.79. The number of amides is 1. The number of H-pyrrole nitrogens is 1. The van der Waals surface area contributed by atoms with Crippen LogP contribution in [0.4, 0.5) is 13.2 Å². The summed E-state index contributed by atoms with van der Waals surface area (Å²) in [6.07, 6.45) is -4.61. The van der Waals surface area contributed by atoms with Crippen LogP contribution in [0, 0.1) is 6.92 Å². The predicted octanol–water partition coefficient (Wildman–Crippen LogP) is 4.37. The second-order valence-electron chi connectivity index (χ2n) is 6.51. The van der Waals surface area contributed by atoms with Crippen LogP contribution >= 0.6 is 11.6 Å². The second-order valence-corrected chi connectivity index (χ2v) is 6.92. The lowest BCUT2D eigenvalue weighted by atomic mass is 10.1. The third-order valence-corrected chi connectivity index (χ3v) is 4.89. The van der Waals surface area contributed by atoms with E-state index in [0.717, 1.165) is 30.3 Å². The van der Waals surface area contributed by atoms with Crippen LogP contribution in [-0.4, -0.2) is 52.1 Å². The molecule has 0 saturated heterocycles. The normalized spacial score (nSPS) is 11.9. The van der Waals surface area contributed by atoms with E-state index in [0.29, 0.717) is 18.1 Å². The fraction of sp³-hybridized carbons (Fsp3) is 0.474. The van der Waals surface area contributed by atoms with E-state index in [1.807, 2.05) is 32.9 Å². The van der Waals surface area contributed by atoms with Gasteiger partial charge in [0, 0.05) is 30.7 Å². The Labute approximate surface area is 167 Å². The molecule has 2 aromatic rings. The molecule has 0 atom stereocenters. The molecule has 1 heterocycles. The van der Waals surface area contributed by atoms with E-state index in [4.69, 9.17) is 11.6 Å². The monoisotopic (exact) mass is 416 g/mol. The van der Waals surface area contributed by atoms with Gasteiger partial charge in [-0.2, -0.15) is 18.3 Å². The molecule has 0 aliphatic carbocycles. The molecule has 0 fully saturated rings. The van der Waals surface area contributed by atoms with Gasteiger partial charge in [-0.1, -0.05) is 37.6 Å². The van der Waals surface area contributed by atoms with Crippen LogP contribution in [-0.2, 0) is 12.7 Å². The quantitative estimate of drug-likeness (QED) is 0.695. The molecule has 154 valence electrons. The molecule has 0 bridgehead atoms. The maximum Gasteiger partial charge on any atom is 0.435 e. The minimum Gasteiger partial charge on any atom is -0.332 e. The molecule has 1 aromatic heterocycles. The second kappa shape index (κ2) is 9.43. The summed E-state index contributed by atoms with van der Waals surface area (Å²) in [6.45, 7) is 8.70. The van der Waals surface area contributed by atoms with Gasteiger partial charge in [0.1, 0.15) is 5.69 Å². The number of carbonyl (C=O) groups excluding carboxylic acids is 1. The Morgan fingerprint density at radius 3 is 2.39 bits per heavy atom. The standard InChI is InChI=1S/C19H24ClF3N4O/c1-4-26(5-2)8-9-27(12-14-7-6-13(3)10-15(14)20)18(28)16-11-17(25-24-16)19(21,22)23/h6-7,10-11H,4-5,8-9,12H2,1-3H3,(H,24,25). The van der Waals surface area contributed by atoms with Crippen molar-refractivity contribution in [3.05, 3.63) is 51.8 Å². The highest BCUT2D eigenvalue weighted by Gasteiger charge is 2.35. The van der Waals surface area contributed by atoms with Gasteiger partial charge in [0.2, 0.25) is 0 Å². The largest absolute Gasteiger partial charge is 0.435 e. The lowest BCUT2D eigenvalue weighted by Gasteiger charge is -2.26. The zero-order valence-electron chi connectivity index (χ0n) is 16.1. The number of hydrogen-bond donors (Lipinski definition) is 1. The first-order valence-corrected chi connectivity index (χ1v) is 9.42. The lowest BCUT2D eigenvalue weighted by Crippen LogP contribution is -2.38. The van der Waals surface area contributed by atoms with Crippen molar-refractivity contribution in [2.45, 2.75) is 33.5 Å². The number of carbonyl (C=O) groups is 1. The van der Waals surface area contributed by atoms with E-state index < -0.39 is 17.8 Å². The summed E-state index contributed by atoms with van der Waals surface area (Å²) in [5.74, 6) is -0.549. The highest BCUT2D eigenvalue weighted by molar-refractivity contribution is 6.31. The molecule has 0 spiro atoms. The van der Waals surface area contributed by atoms with Gasteiger partial charge in [-0.3, -0.25) is 9.89 Å². The number of aromatic nitrogens is 2. The molecule has 5 nitrogen and oxygen atoms in total. The molecule has 1 amide bonds. The number of hydrogen-bond acceptors (Lipinski definition) is 3. The molecular weight excluding hydrogens is 393 g/mol. The number of aromatic amines is 1. The molecule has 0 aliphatic rings. The zero-order valence-corrected chi connectivity index (χ0v) is 16.9. The molecule has 1 N–H and O–H groups in total. The number of halogens is 4. The van der Waals surface area contributed by atoms with Crippen molar-refractivity contribution in [1.82, 2.24) is 20.0 Å². The summed E-state index contributed by atoms with van der Waals surface area (Å²) in [7, 11) is 0. The predicted molar refractivity (Wildman–Crippen MR) is 102 cm³/mol. The van der Waals surface area contributed by atoms with Gasteiger partial charge in [-0.05, 0) is 37.2 Å². The summed E-state index contributed by atoms with van der Waals surface area (Å²) >= 11 is 6.29. The molecule has 0 saturated carbocycles.